The average Bonchev–Trinajstić information content (AvgIpc) is 3.06. The van der Waals surface area contributed by atoms with Gasteiger partial charge in [-0.15, -0.1) is 0 Å². The molecule has 0 atom stereocenters. The topological polar surface area (TPSA) is 101 Å². The molecule has 2 heterocycles. The van der Waals surface area contributed by atoms with Crippen molar-refractivity contribution in [2.75, 3.05) is 25.0 Å². The van der Waals surface area contributed by atoms with E-state index in [9.17, 15) is 9.59 Å². The first-order chi connectivity index (χ1) is 13.7. The van der Waals surface area contributed by atoms with E-state index in [1.807, 2.05) is 0 Å². The van der Waals surface area contributed by atoms with Gasteiger partial charge in [-0.2, -0.15) is 10.1 Å². The number of rotatable bonds is 5. The predicted molar refractivity (Wildman–Crippen MR) is 112 cm³/mol. The predicted octanol–water partition coefficient (Wildman–Crippen LogP) is 2.31. The highest BCUT2D eigenvalue weighted by atomic mass is 16.2. The number of hydrogen-bond donors (Lipinski definition) is 3. The van der Waals surface area contributed by atoms with Crippen molar-refractivity contribution in [2.45, 2.75) is 39.5 Å². The summed E-state index contributed by atoms with van der Waals surface area (Å²) in [5.74, 6) is 1.09. The minimum absolute atomic E-state index is 0.0125. The number of nitrogens with zero attached hydrogens (tertiary/aromatic N) is 3. The summed E-state index contributed by atoms with van der Waals surface area (Å²) in [6.45, 7) is 8.68. The Bertz CT molecular complexity index is 860. The largest absolute Gasteiger partial charge is 0.352 e. The van der Waals surface area contributed by atoms with Gasteiger partial charge in [0, 0.05) is 30.6 Å². The normalized spacial score (nSPS) is 15.2. The maximum absolute atomic E-state index is 12.6. The Morgan fingerprint density at radius 3 is 2.28 bits per heavy atom. The van der Waals surface area contributed by atoms with Crippen molar-refractivity contribution in [1.82, 2.24) is 25.4 Å². The highest BCUT2D eigenvalue weighted by Crippen LogP contribution is 2.23. The van der Waals surface area contributed by atoms with E-state index in [0.717, 1.165) is 31.8 Å². The molecule has 29 heavy (non-hydrogen) atoms. The van der Waals surface area contributed by atoms with Crippen LogP contribution in [0.15, 0.2) is 24.3 Å². The van der Waals surface area contributed by atoms with Gasteiger partial charge >= 0.3 is 0 Å². The molecule has 0 unspecified atom stereocenters. The molecule has 0 spiro atoms. The smallest absolute Gasteiger partial charge is 0.258 e. The van der Waals surface area contributed by atoms with Crippen LogP contribution in [0.5, 0.6) is 0 Å². The summed E-state index contributed by atoms with van der Waals surface area (Å²) in [5.41, 5.74) is 1.000. The zero-order valence-corrected chi connectivity index (χ0v) is 17.6. The number of hydrogen-bond acceptors (Lipinski definition) is 5. The van der Waals surface area contributed by atoms with Crippen molar-refractivity contribution in [2.24, 2.45) is 12.5 Å². The van der Waals surface area contributed by atoms with Gasteiger partial charge in [0.15, 0.2) is 5.82 Å². The van der Waals surface area contributed by atoms with Crippen LogP contribution in [0.25, 0.3) is 0 Å². The van der Waals surface area contributed by atoms with Crippen molar-refractivity contribution in [1.29, 1.82) is 0 Å². The van der Waals surface area contributed by atoms with Gasteiger partial charge in [0.2, 0.25) is 5.95 Å². The van der Waals surface area contributed by atoms with Gasteiger partial charge in [0.1, 0.15) is 0 Å². The Hall–Kier alpha value is -2.74. The van der Waals surface area contributed by atoms with Gasteiger partial charge in [0.05, 0.1) is 0 Å². The zero-order valence-electron chi connectivity index (χ0n) is 17.6. The lowest BCUT2D eigenvalue weighted by atomic mass is 9.97. The summed E-state index contributed by atoms with van der Waals surface area (Å²) in [5, 5.41) is 13.5. The molecular weight excluding hydrogens is 368 g/mol. The molecule has 8 heteroatoms. The molecule has 1 aliphatic heterocycles. The lowest BCUT2D eigenvalue weighted by Gasteiger charge is -2.19. The third-order valence-corrected chi connectivity index (χ3v) is 4.90. The lowest BCUT2D eigenvalue weighted by molar-refractivity contribution is 0.0938. The summed E-state index contributed by atoms with van der Waals surface area (Å²) in [6, 6.07) is 6.60. The van der Waals surface area contributed by atoms with Crippen LogP contribution in [0.4, 0.5) is 5.95 Å². The van der Waals surface area contributed by atoms with Crippen LogP contribution in [-0.4, -0.2) is 46.2 Å². The molecular formula is C21H30N6O2. The SMILES string of the molecule is Cn1nc(C2CCNCC2)nc1NC(=O)c1ccc(C(=O)NCC(C)(C)C)cc1. The van der Waals surface area contributed by atoms with Gasteiger partial charge in [-0.25, -0.2) is 4.68 Å². The first-order valence-electron chi connectivity index (χ1n) is 10.0. The quantitative estimate of drug-likeness (QED) is 0.718. The van der Waals surface area contributed by atoms with E-state index in [1.165, 1.54) is 0 Å². The highest BCUT2D eigenvalue weighted by molar-refractivity contribution is 6.04. The van der Waals surface area contributed by atoms with E-state index in [0.29, 0.717) is 29.5 Å². The minimum Gasteiger partial charge on any atom is -0.352 e. The van der Waals surface area contributed by atoms with Crippen LogP contribution < -0.4 is 16.0 Å². The van der Waals surface area contributed by atoms with E-state index < -0.39 is 0 Å². The lowest BCUT2D eigenvalue weighted by Crippen LogP contribution is -2.32. The van der Waals surface area contributed by atoms with Crippen molar-refractivity contribution in [3.05, 3.63) is 41.2 Å². The number of aryl methyl sites for hydroxylation is 1. The zero-order chi connectivity index (χ0) is 21.0. The van der Waals surface area contributed by atoms with Crippen LogP contribution in [0.1, 0.15) is 66.1 Å². The molecule has 3 N–H and O–H groups in total. The second-order valence-corrected chi connectivity index (χ2v) is 8.72. The third kappa shape index (κ3) is 5.63. The molecule has 8 nitrogen and oxygen atoms in total. The summed E-state index contributed by atoms with van der Waals surface area (Å²) in [7, 11) is 1.77. The van der Waals surface area contributed by atoms with Crippen molar-refractivity contribution < 1.29 is 9.59 Å². The van der Waals surface area contributed by atoms with Gasteiger partial charge in [0.25, 0.3) is 11.8 Å². The standard InChI is InChI=1S/C21H30N6O2/c1-21(2,3)13-23-18(28)15-5-7-16(8-6-15)19(29)25-20-24-17(26-27(20)4)14-9-11-22-12-10-14/h5-8,14,22H,9-13H2,1-4H3,(H,23,28)(H,24,25,26,29). The number of benzene rings is 1. The molecule has 2 amide bonds. The second kappa shape index (κ2) is 8.73. The molecule has 1 aliphatic rings. The fraction of sp³-hybridized carbons (Fsp3) is 0.524. The number of nitrogens with one attached hydrogen (secondary N) is 3. The number of amides is 2. The molecule has 0 bridgehead atoms. The Morgan fingerprint density at radius 1 is 1.10 bits per heavy atom. The maximum atomic E-state index is 12.6. The fourth-order valence-corrected chi connectivity index (χ4v) is 3.16. The first kappa shape index (κ1) is 21.0. The van der Waals surface area contributed by atoms with Gasteiger partial charge in [-0.1, -0.05) is 20.8 Å². The van der Waals surface area contributed by atoms with Gasteiger partial charge < -0.3 is 10.6 Å². The van der Waals surface area contributed by atoms with Crippen LogP contribution in [0, 0.1) is 5.41 Å². The molecule has 156 valence electrons. The van der Waals surface area contributed by atoms with E-state index in [-0.39, 0.29) is 17.2 Å². The van der Waals surface area contributed by atoms with E-state index in [1.54, 1.807) is 36.0 Å². The van der Waals surface area contributed by atoms with Gasteiger partial charge in [-0.3, -0.25) is 14.9 Å². The summed E-state index contributed by atoms with van der Waals surface area (Å²) < 4.78 is 1.60. The average molecular weight is 399 g/mol. The number of aromatic nitrogens is 3. The number of carbonyl (C=O) groups excluding carboxylic acids is 2. The maximum Gasteiger partial charge on any atom is 0.258 e. The molecule has 1 fully saturated rings. The van der Waals surface area contributed by atoms with E-state index in [4.69, 9.17) is 0 Å². The Kier molecular flexibility index (Phi) is 6.32. The molecule has 2 aromatic rings. The summed E-state index contributed by atoms with van der Waals surface area (Å²) in [4.78, 5) is 29.3. The van der Waals surface area contributed by atoms with Gasteiger partial charge in [-0.05, 0) is 55.6 Å². The molecule has 0 aliphatic carbocycles. The fourth-order valence-electron chi connectivity index (χ4n) is 3.16. The monoisotopic (exact) mass is 398 g/mol. The third-order valence-electron chi connectivity index (χ3n) is 4.90. The number of carbonyl (C=O) groups is 2. The van der Waals surface area contributed by atoms with Crippen LogP contribution in [0.3, 0.4) is 0 Å². The molecule has 1 aromatic carbocycles. The molecule has 0 saturated carbocycles. The second-order valence-electron chi connectivity index (χ2n) is 8.72. The Labute approximate surface area is 171 Å². The molecule has 0 radical (unpaired) electrons. The molecule has 1 saturated heterocycles. The Balaban J connectivity index is 1.62. The van der Waals surface area contributed by atoms with Crippen LogP contribution in [-0.2, 0) is 7.05 Å². The van der Waals surface area contributed by atoms with Crippen molar-refractivity contribution >= 4 is 17.8 Å². The number of anilines is 1. The van der Waals surface area contributed by atoms with Crippen LogP contribution in [0.2, 0.25) is 0 Å². The Morgan fingerprint density at radius 2 is 1.69 bits per heavy atom. The van der Waals surface area contributed by atoms with E-state index >= 15 is 0 Å². The summed E-state index contributed by atoms with van der Waals surface area (Å²) in [6.07, 6.45) is 1.99. The number of piperidine rings is 1. The van der Waals surface area contributed by atoms with Crippen LogP contribution >= 0.6 is 0 Å². The molecule has 1 aromatic heterocycles. The van der Waals surface area contributed by atoms with Crippen molar-refractivity contribution in [3.8, 4) is 0 Å². The molecule has 3 rings (SSSR count). The first-order valence-corrected chi connectivity index (χ1v) is 10.0. The van der Waals surface area contributed by atoms with Crippen molar-refractivity contribution in [3.63, 3.8) is 0 Å². The minimum atomic E-state index is -0.279. The van der Waals surface area contributed by atoms with E-state index in [2.05, 4.69) is 46.8 Å². The highest BCUT2D eigenvalue weighted by Gasteiger charge is 2.21. The summed E-state index contributed by atoms with van der Waals surface area (Å²) >= 11 is 0.